The zero-order valence-electron chi connectivity index (χ0n) is 14.5. The molecule has 138 valence electrons. The first-order valence-electron chi connectivity index (χ1n) is 8.76. The molecule has 1 saturated heterocycles. The van der Waals surface area contributed by atoms with Crippen LogP contribution in [-0.4, -0.2) is 42.7 Å². The molecule has 1 aliphatic rings. The largest absolute Gasteiger partial charge is 0.507 e. The molecule has 3 aromatic rings. The summed E-state index contributed by atoms with van der Waals surface area (Å²) in [6.07, 6.45) is 4.11. The molecule has 1 atom stereocenters. The Morgan fingerprint density at radius 1 is 1.15 bits per heavy atom. The van der Waals surface area contributed by atoms with E-state index >= 15 is 0 Å². The number of amides is 1. The number of phenolic OH excluding ortho intramolecular Hbond substituents is 1. The number of carbonyl (C=O) groups excluding carboxylic acids is 1. The number of hydrogen-bond acceptors (Lipinski definition) is 5. The summed E-state index contributed by atoms with van der Waals surface area (Å²) < 4.78 is 14.7. The van der Waals surface area contributed by atoms with E-state index in [-0.39, 0.29) is 29.1 Å². The minimum absolute atomic E-state index is 0.128. The fraction of sp³-hybridized carbons (Fsp3) is 0.263. The molecule has 7 nitrogen and oxygen atoms in total. The van der Waals surface area contributed by atoms with Crippen molar-refractivity contribution in [2.75, 3.05) is 6.54 Å². The second-order valence-electron chi connectivity index (χ2n) is 6.52. The van der Waals surface area contributed by atoms with Gasteiger partial charge in [0.1, 0.15) is 17.9 Å². The van der Waals surface area contributed by atoms with Gasteiger partial charge in [0, 0.05) is 12.6 Å². The minimum atomic E-state index is -0.303. The highest BCUT2D eigenvalue weighted by molar-refractivity contribution is 5.97. The smallest absolute Gasteiger partial charge is 0.258 e. The summed E-state index contributed by atoms with van der Waals surface area (Å²) in [5.74, 6) is -0.676. The molecule has 1 aromatic heterocycles. The number of likely N-dealkylation sites (tertiary alicyclic amines) is 1. The van der Waals surface area contributed by atoms with Crippen LogP contribution in [0.4, 0.5) is 4.39 Å². The number of carbonyl (C=O) groups is 1. The molecule has 4 rings (SSSR count). The maximum Gasteiger partial charge on any atom is 0.258 e. The van der Waals surface area contributed by atoms with Crippen LogP contribution in [0.15, 0.2) is 48.8 Å². The molecule has 8 heteroatoms. The molecule has 0 aliphatic carbocycles. The van der Waals surface area contributed by atoms with Gasteiger partial charge in [0.05, 0.1) is 17.3 Å². The molecule has 2 heterocycles. The van der Waals surface area contributed by atoms with E-state index in [0.29, 0.717) is 12.2 Å². The zero-order valence-corrected chi connectivity index (χ0v) is 14.5. The van der Waals surface area contributed by atoms with Gasteiger partial charge in [-0.25, -0.2) is 9.07 Å². The SMILES string of the molecule is O=C(c1ccc(-n2cnnn2)cc1O)N1CCCC[C@H]1c1ccc(F)cc1. The van der Waals surface area contributed by atoms with Gasteiger partial charge in [0.15, 0.2) is 0 Å². The van der Waals surface area contributed by atoms with Gasteiger partial charge in [-0.2, -0.15) is 0 Å². The van der Waals surface area contributed by atoms with E-state index in [1.54, 1.807) is 29.2 Å². The molecular formula is C19H18FN5O2. The summed E-state index contributed by atoms with van der Waals surface area (Å²) in [7, 11) is 0. The van der Waals surface area contributed by atoms with Crippen molar-refractivity contribution in [3.63, 3.8) is 0 Å². The first-order chi connectivity index (χ1) is 13.1. The van der Waals surface area contributed by atoms with E-state index in [4.69, 9.17) is 0 Å². The van der Waals surface area contributed by atoms with Crippen LogP contribution in [0.1, 0.15) is 41.2 Å². The highest BCUT2D eigenvalue weighted by atomic mass is 19.1. The third-order valence-electron chi connectivity index (χ3n) is 4.84. The highest BCUT2D eigenvalue weighted by Crippen LogP contribution is 2.34. The van der Waals surface area contributed by atoms with Crippen LogP contribution in [0.5, 0.6) is 5.75 Å². The summed E-state index contributed by atoms with van der Waals surface area (Å²) in [5, 5.41) is 21.3. The molecule has 1 N–H and O–H groups in total. The van der Waals surface area contributed by atoms with Crippen LogP contribution in [0.25, 0.3) is 5.69 Å². The number of hydrogen-bond donors (Lipinski definition) is 1. The molecule has 0 radical (unpaired) electrons. The predicted octanol–water partition coefficient (Wildman–Crippen LogP) is 2.87. The summed E-state index contributed by atoms with van der Waals surface area (Å²) in [5.41, 5.74) is 1.68. The topological polar surface area (TPSA) is 84.1 Å². The normalized spacial score (nSPS) is 17.1. The number of aromatic hydroxyl groups is 1. The second-order valence-corrected chi connectivity index (χ2v) is 6.52. The summed E-state index contributed by atoms with van der Waals surface area (Å²) >= 11 is 0. The predicted molar refractivity (Wildman–Crippen MR) is 94.8 cm³/mol. The van der Waals surface area contributed by atoms with Crippen molar-refractivity contribution in [1.82, 2.24) is 25.1 Å². The summed E-state index contributed by atoms with van der Waals surface area (Å²) in [6.45, 7) is 0.592. The number of rotatable bonds is 3. The number of piperidine rings is 1. The second kappa shape index (κ2) is 7.14. The van der Waals surface area contributed by atoms with E-state index < -0.39 is 0 Å². The Labute approximate surface area is 155 Å². The molecule has 1 fully saturated rings. The van der Waals surface area contributed by atoms with Gasteiger partial charge in [-0.3, -0.25) is 4.79 Å². The lowest BCUT2D eigenvalue weighted by molar-refractivity contribution is 0.0608. The van der Waals surface area contributed by atoms with Crippen LogP contribution in [0, 0.1) is 5.82 Å². The van der Waals surface area contributed by atoms with Crippen LogP contribution >= 0.6 is 0 Å². The van der Waals surface area contributed by atoms with Gasteiger partial charge in [-0.15, -0.1) is 5.10 Å². The van der Waals surface area contributed by atoms with E-state index in [1.165, 1.54) is 29.2 Å². The van der Waals surface area contributed by atoms with Crippen molar-refractivity contribution in [3.05, 3.63) is 65.7 Å². The number of benzene rings is 2. The van der Waals surface area contributed by atoms with Crippen molar-refractivity contribution >= 4 is 5.91 Å². The van der Waals surface area contributed by atoms with Crippen molar-refractivity contribution in [2.24, 2.45) is 0 Å². The Bertz CT molecular complexity index is 943. The lowest BCUT2D eigenvalue weighted by Gasteiger charge is -2.36. The van der Waals surface area contributed by atoms with Gasteiger partial charge < -0.3 is 10.0 Å². The Balaban J connectivity index is 1.63. The standard InChI is InChI=1S/C19H18FN5O2/c20-14-6-4-13(5-7-14)17-3-1-2-10-24(17)19(27)16-9-8-15(11-18(16)26)25-12-21-22-23-25/h4-9,11-12,17,26H,1-3,10H2/t17-/m0/s1. The fourth-order valence-corrected chi connectivity index (χ4v) is 3.48. The van der Waals surface area contributed by atoms with Crippen molar-refractivity contribution in [2.45, 2.75) is 25.3 Å². The Hall–Kier alpha value is -3.29. The molecule has 0 spiro atoms. The molecule has 0 unspecified atom stereocenters. The van der Waals surface area contributed by atoms with Gasteiger partial charge in [0.25, 0.3) is 5.91 Å². The van der Waals surface area contributed by atoms with Gasteiger partial charge in [0.2, 0.25) is 0 Å². The Kier molecular flexibility index (Phi) is 4.53. The Morgan fingerprint density at radius 2 is 1.96 bits per heavy atom. The molecule has 1 aliphatic heterocycles. The summed E-state index contributed by atoms with van der Waals surface area (Å²) in [4.78, 5) is 14.9. The van der Waals surface area contributed by atoms with Gasteiger partial charge in [-0.1, -0.05) is 12.1 Å². The van der Waals surface area contributed by atoms with Crippen molar-refractivity contribution in [1.29, 1.82) is 0 Å². The number of nitrogens with zero attached hydrogens (tertiary/aromatic N) is 5. The quantitative estimate of drug-likeness (QED) is 0.769. The fourth-order valence-electron chi connectivity index (χ4n) is 3.48. The van der Waals surface area contributed by atoms with Crippen LogP contribution in [0.3, 0.4) is 0 Å². The summed E-state index contributed by atoms with van der Waals surface area (Å²) in [6, 6.07) is 10.8. The third-order valence-corrected chi connectivity index (χ3v) is 4.84. The average molecular weight is 367 g/mol. The maximum atomic E-state index is 13.3. The number of phenols is 1. The first-order valence-corrected chi connectivity index (χ1v) is 8.76. The average Bonchev–Trinajstić information content (AvgIpc) is 3.23. The third kappa shape index (κ3) is 3.38. The molecule has 0 saturated carbocycles. The monoisotopic (exact) mass is 367 g/mol. The van der Waals surface area contributed by atoms with E-state index in [2.05, 4.69) is 15.5 Å². The van der Waals surface area contributed by atoms with Crippen molar-refractivity contribution < 1.29 is 14.3 Å². The Morgan fingerprint density at radius 3 is 2.67 bits per heavy atom. The lowest BCUT2D eigenvalue weighted by atomic mass is 9.94. The van der Waals surface area contributed by atoms with Crippen LogP contribution in [0.2, 0.25) is 0 Å². The zero-order chi connectivity index (χ0) is 18.8. The van der Waals surface area contributed by atoms with Crippen LogP contribution in [-0.2, 0) is 0 Å². The van der Waals surface area contributed by atoms with E-state index in [1.807, 2.05) is 0 Å². The first kappa shape index (κ1) is 17.1. The van der Waals surface area contributed by atoms with Gasteiger partial charge >= 0.3 is 0 Å². The van der Waals surface area contributed by atoms with Crippen LogP contribution < -0.4 is 0 Å². The van der Waals surface area contributed by atoms with Crippen molar-refractivity contribution in [3.8, 4) is 11.4 Å². The van der Waals surface area contributed by atoms with E-state index in [9.17, 15) is 14.3 Å². The van der Waals surface area contributed by atoms with E-state index in [0.717, 1.165) is 24.8 Å². The molecule has 27 heavy (non-hydrogen) atoms. The van der Waals surface area contributed by atoms with Gasteiger partial charge in [-0.05, 0) is 59.5 Å². The lowest BCUT2D eigenvalue weighted by Crippen LogP contribution is -2.38. The highest BCUT2D eigenvalue weighted by Gasteiger charge is 2.30. The maximum absolute atomic E-state index is 13.3. The molecular weight excluding hydrogens is 349 g/mol. The number of aromatic nitrogens is 4. The number of tetrazole rings is 1. The molecule has 0 bridgehead atoms. The molecule has 1 amide bonds. The number of halogens is 1. The molecule has 2 aromatic carbocycles. The minimum Gasteiger partial charge on any atom is -0.507 e.